The predicted octanol–water partition coefficient (Wildman–Crippen LogP) is -0.106. The van der Waals surface area contributed by atoms with Crippen molar-refractivity contribution in [2.24, 2.45) is 7.05 Å². The van der Waals surface area contributed by atoms with Gasteiger partial charge in [0, 0.05) is 20.0 Å². The van der Waals surface area contributed by atoms with Crippen molar-refractivity contribution in [1.29, 1.82) is 0 Å². The summed E-state index contributed by atoms with van der Waals surface area (Å²) in [7, 11) is 1.90. The Morgan fingerprint density at radius 3 is 2.93 bits per heavy atom. The van der Waals surface area contributed by atoms with E-state index in [1.165, 1.54) is 0 Å². The van der Waals surface area contributed by atoms with Gasteiger partial charge in [0.15, 0.2) is 4.77 Å². The maximum atomic E-state index is 5.63. The number of rotatable bonds is 3. The fourth-order valence-corrected chi connectivity index (χ4v) is 1.52. The van der Waals surface area contributed by atoms with Gasteiger partial charge in [0.05, 0.1) is 0 Å². The van der Waals surface area contributed by atoms with Crippen LogP contribution in [0.4, 0.5) is 5.95 Å². The molecular weight excluding hydrogens is 214 g/mol. The molecule has 3 N–H and O–H groups in total. The molecule has 0 radical (unpaired) electrons. The van der Waals surface area contributed by atoms with Gasteiger partial charge >= 0.3 is 0 Å². The third-order valence-corrected chi connectivity index (χ3v) is 2.46. The first kappa shape index (κ1) is 9.84. The molecule has 0 aliphatic rings. The van der Waals surface area contributed by atoms with E-state index < -0.39 is 0 Å². The predicted molar refractivity (Wildman–Crippen MR) is 56.5 cm³/mol. The maximum Gasteiger partial charge on any atom is 0.220 e. The van der Waals surface area contributed by atoms with Gasteiger partial charge in [0.25, 0.3) is 0 Å². The molecule has 0 aliphatic carbocycles. The lowest BCUT2D eigenvalue weighted by atomic mass is 10.4. The molecule has 2 aromatic heterocycles. The number of nitrogens with one attached hydrogen (secondary N) is 1. The Balaban J connectivity index is 2.12. The molecule has 0 saturated carbocycles. The summed E-state index contributed by atoms with van der Waals surface area (Å²) >= 11 is 5.02. The minimum atomic E-state index is 0.391. The van der Waals surface area contributed by atoms with Crippen molar-refractivity contribution >= 4 is 18.2 Å². The highest BCUT2D eigenvalue weighted by atomic mass is 32.1. The zero-order valence-corrected chi connectivity index (χ0v) is 9.03. The normalized spacial score (nSPS) is 10.7. The molecule has 2 rings (SSSR count). The summed E-state index contributed by atoms with van der Waals surface area (Å²) in [6.07, 6.45) is 2.38. The molecule has 0 unspecified atom stereocenters. The van der Waals surface area contributed by atoms with Gasteiger partial charge in [-0.2, -0.15) is 0 Å². The lowest BCUT2D eigenvalue weighted by Crippen LogP contribution is -2.08. The van der Waals surface area contributed by atoms with Gasteiger partial charge in [-0.3, -0.25) is 4.57 Å². The third-order valence-electron chi connectivity index (χ3n) is 2.15. The molecule has 0 spiro atoms. The number of anilines is 1. The molecule has 15 heavy (non-hydrogen) atoms. The number of hydrogen-bond acceptors (Lipinski definition) is 5. The number of aryl methyl sites for hydroxylation is 2. The van der Waals surface area contributed by atoms with E-state index in [0.29, 0.717) is 23.7 Å². The number of aromatic amines is 1. The van der Waals surface area contributed by atoms with E-state index >= 15 is 0 Å². The van der Waals surface area contributed by atoms with Crippen molar-refractivity contribution in [1.82, 2.24) is 29.5 Å². The summed E-state index contributed by atoms with van der Waals surface area (Å²) in [5.74, 6) is 1.28. The van der Waals surface area contributed by atoms with Crippen molar-refractivity contribution in [2.45, 2.75) is 13.0 Å². The van der Waals surface area contributed by atoms with Crippen LogP contribution in [0.25, 0.3) is 0 Å². The molecule has 2 heterocycles. The van der Waals surface area contributed by atoms with Crippen LogP contribution < -0.4 is 5.73 Å². The fourth-order valence-electron chi connectivity index (χ4n) is 1.29. The molecule has 8 heteroatoms. The van der Waals surface area contributed by atoms with E-state index in [1.54, 1.807) is 10.9 Å². The smallest absolute Gasteiger partial charge is 0.220 e. The minimum Gasteiger partial charge on any atom is -0.368 e. The van der Waals surface area contributed by atoms with Gasteiger partial charge in [-0.15, -0.1) is 15.3 Å². The van der Waals surface area contributed by atoms with Gasteiger partial charge in [-0.1, -0.05) is 0 Å². The second-order valence-electron chi connectivity index (χ2n) is 3.15. The highest BCUT2D eigenvalue weighted by molar-refractivity contribution is 7.71. The second kappa shape index (κ2) is 3.81. The molecule has 0 saturated heterocycles. The summed E-state index contributed by atoms with van der Waals surface area (Å²) in [5.41, 5.74) is 5.63. The van der Waals surface area contributed by atoms with Crippen LogP contribution >= 0.6 is 12.2 Å². The first-order valence-electron chi connectivity index (χ1n) is 4.42. The Labute approximate surface area is 90.9 Å². The standard InChI is InChI=1S/C7H11N7S/c1-13-4-9-10-5(13)2-3-14-6(8)11-12-7(14)15/h4H,2-3H2,1H3,(H2,8,11)(H,12,15). The molecule has 0 fully saturated rings. The van der Waals surface area contributed by atoms with E-state index in [2.05, 4.69) is 20.4 Å². The number of hydrogen-bond donors (Lipinski definition) is 2. The fraction of sp³-hybridized carbons (Fsp3) is 0.429. The Bertz CT molecular complexity index is 507. The van der Waals surface area contributed by atoms with Crippen molar-refractivity contribution < 1.29 is 0 Å². The molecule has 0 aliphatic heterocycles. The zero-order chi connectivity index (χ0) is 10.8. The van der Waals surface area contributed by atoms with Crippen LogP contribution in [0.1, 0.15) is 5.82 Å². The molecule has 2 aromatic rings. The average Bonchev–Trinajstić information content (AvgIpc) is 2.73. The molecule has 0 atom stereocenters. The Morgan fingerprint density at radius 1 is 1.60 bits per heavy atom. The number of nitrogen functional groups attached to an aromatic ring is 1. The summed E-state index contributed by atoms with van der Waals surface area (Å²) < 4.78 is 4.11. The van der Waals surface area contributed by atoms with Crippen LogP contribution in [0.5, 0.6) is 0 Å². The number of H-pyrrole nitrogens is 1. The molecule has 80 valence electrons. The molecule has 0 bridgehead atoms. The first-order chi connectivity index (χ1) is 7.18. The van der Waals surface area contributed by atoms with Crippen LogP contribution in [0.15, 0.2) is 6.33 Å². The van der Waals surface area contributed by atoms with E-state index in [0.717, 1.165) is 5.82 Å². The van der Waals surface area contributed by atoms with Gasteiger partial charge in [-0.05, 0) is 12.2 Å². The van der Waals surface area contributed by atoms with E-state index in [4.69, 9.17) is 18.0 Å². The third kappa shape index (κ3) is 1.89. The van der Waals surface area contributed by atoms with Crippen LogP contribution in [0.2, 0.25) is 0 Å². The topological polar surface area (TPSA) is 90.3 Å². The van der Waals surface area contributed by atoms with Crippen LogP contribution in [-0.2, 0) is 20.0 Å². The molecular formula is C7H11N7S. The van der Waals surface area contributed by atoms with E-state index in [9.17, 15) is 0 Å². The zero-order valence-electron chi connectivity index (χ0n) is 8.21. The quantitative estimate of drug-likeness (QED) is 0.711. The largest absolute Gasteiger partial charge is 0.368 e. The average molecular weight is 225 g/mol. The van der Waals surface area contributed by atoms with E-state index in [-0.39, 0.29) is 0 Å². The molecule has 0 aromatic carbocycles. The molecule has 7 nitrogen and oxygen atoms in total. The number of aromatic nitrogens is 6. The first-order valence-corrected chi connectivity index (χ1v) is 4.83. The maximum absolute atomic E-state index is 5.63. The monoisotopic (exact) mass is 225 g/mol. The van der Waals surface area contributed by atoms with Gasteiger partial charge in [0.1, 0.15) is 12.2 Å². The number of nitrogens with two attached hydrogens (primary N) is 1. The lowest BCUT2D eigenvalue weighted by molar-refractivity contribution is 0.648. The summed E-state index contributed by atoms with van der Waals surface area (Å²) in [6.45, 7) is 0.647. The van der Waals surface area contributed by atoms with Crippen molar-refractivity contribution in [2.75, 3.05) is 5.73 Å². The van der Waals surface area contributed by atoms with Crippen LogP contribution in [0.3, 0.4) is 0 Å². The summed E-state index contributed by atoms with van der Waals surface area (Å²) in [4.78, 5) is 0. The molecule has 0 amide bonds. The van der Waals surface area contributed by atoms with Crippen molar-refractivity contribution in [3.63, 3.8) is 0 Å². The summed E-state index contributed by atoms with van der Waals surface area (Å²) in [5, 5.41) is 14.2. The highest BCUT2D eigenvalue weighted by Gasteiger charge is 2.04. The Kier molecular flexibility index (Phi) is 2.50. The summed E-state index contributed by atoms with van der Waals surface area (Å²) in [6, 6.07) is 0. The minimum absolute atomic E-state index is 0.391. The SMILES string of the molecule is Cn1cnnc1CCn1c(N)n[nH]c1=S. The lowest BCUT2D eigenvalue weighted by Gasteiger charge is -2.02. The van der Waals surface area contributed by atoms with Crippen molar-refractivity contribution in [3.8, 4) is 0 Å². The Morgan fingerprint density at radius 2 is 2.40 bits per heavy atom. The van der Waals surface area contributed by atoms with Gasteiger partial charge in [0.2, 0.25) is 5.95 Å². The van der Waals surface area contributed by atoms with Crippen molar-refractivity contribution in [3.05, 3.63) is 16.9 Å². The van der Waals surface area contributed by atoms with Crippen LogP contribution in [0, 0.1) is 4.77 Å². The number of nitrogens with zero attached hydrogens (tertiary/aromatic N) is 5. The second-order valence-corrected chi connectivity index (χ2v) is 3.53. The highest BCUT2D eigenvalue weighted by Crippen LogP contribution is 2.02. The van der Waals surface area contributed by atoms with Gasteiger partial charge in [-0.25, -0.2) is 5.10 Å². The van der Waals surface area contributed by atoms with Crippen LogP contribution in [-0.4, -0.2) is 29.5 Å². The van der Waals surface area contributed by atoms with Gasteiger partial charge < -0.3 is 10.3 Å². The Hall–Kier alpha value is -1.70. The van der Waals surface area contributed by atoms with E-state index in [1.807, 2.05) is 11.6 Å².